The van der Waals surface area contributed by atoms with Gasteiger partial charge in [0, 0.05) is 38.0 Å². The predicted octanol–water partition coefficient (Wildman–Crippen LogP) is 5.47. The van der Waals surface area contributed by atoms with Crippen LogP contribution in [0.15, 0.2) is 42.5 Å². The standard InChI is InChI=1S/C25H29Cl2N5O/c1-32(2)24-19-5-3-4-6-22(19)30-25(31-24)29-18-11-9-17(10-12-18)28-23(33)14-8-16-7-13-20(26)21(27)15-16/h3-7,13,15,17-18H,8-12,14H2,1-2H3,(H,28,33)(H,29,30,31)/t17-,18+. The molecule has 0 bridgehead atoms. The molecule has 0 radical (unpaired) electrons. The minimum atomic E-state index is 0.0750. The van der Waals surface area contributed by atoms with Gasteiger partial charge in [0.1, 0.15) is 5.82 Å². The molecule has 0 aliphatic heterocycles. The molecule has 0 atom stereocenters. The van der Waals surface area contributed by atoms with Gasteiger partial charge in [-0.1, -0.05) is 41.4 Å². The molecule has 8 heteroatoms. The molecule has 4 rings (SSSR count). The van der Waals surface area contributed by atoms with Crippen LogP contribution in [-0.2, 0) is 11.2 Å². The van der Waals surface area contributed by atoms with Gasteiger partial charge in [-0.05, 0) is 61.9 Å². The average Bonchev–Trinajstić information content (AvgIpc) is 2.80. The Labute approximate surface area is 204 Å². The highest BCUT2D eigenvalue weighted by Gasteiger charge is 2.23. The second-order valence-electron chi connectivity index (χ2n) is 8.79. The van der Waals surface area contributed by atoms with Crippen molar-refractivity contribution >= 4 is 51.8 Å². The highest BCUT2D eigenvalue weighted by molar-refractivity contribution is 6.42. The summed E-state index contributed by atoms with van der Waals surface area (Å²) >= 11 is 12.0. The van der Waals surface area contributed by atoms with Crippen molar-refractivity contribution in [2.24, 2.45) is 0 Å². The summed E-state index contributed by atoms with van der Waals surface area (Å²) in [6, 6.07) is 14.1. The van der Waals surface area contributed by atoms with Crippen LogP contribution < -0.4 is 15.5 Å². The van der Waals surface area contributed by atoms with Crippen molar-refractivity contribution in [2.45, 2.75) is 50.6 Å². The quantitative estimate of drug-likeness (QED) is 0.463. The van der Waals surface area contributed by atoms with Gasteiger partial charge >= 0.3 is 0 Å². The van der Waals surface area contributed by atoms with Gasteiger partial charge in [-0.25, -0.2) is 4.98 Å². The third kappa shape index (κ3) is 6.06. The molecule has 1 amide bonds. The molecular formula is C25H29Cl2N5O. The summed E-state index contributed by atoms with van der Waals surface area (Å²) in [4.78, 5) is 23.9. The number of hydrogen-bond donors (Lipinski definition) is 2. The Morgan fingerprint density at radius 1 is 1.00 bits per heavy atom. The zero-order valence-corrected chi connectivity index (χ0v) is 20.5. The lowest BCUT2D eigenvalue weighted by atomic mass is 9.91. The number of para-hydroxylation sites is 1. The van der Waals surface area contributed by atoms with Gasteiger partial charge in [-0.3, -0.25) is 4.79 Å². The lowest BCUT2D eigenvalue weighted by molar-refractivity contribution is -0.122. The lowest BCUT2D eigenvalue weighted by Gasteiger charge is -2.30. The molecule has 1 heterocycles. The second-order valence-corrected chi connectivity index (χ2v) is 9.61. The first-order chi connectivity index (χ1) is 15.9. The Hall–Kier alpha value is -2.57. The third-order valence-corrected chi connectivity index (χ3v) is 6.80. The maximum Gasteiger partial charge on any atom is 0.225 e. The number of carbonyl (C=O) groups is 1. The Morgan fingerprint density at radius 2 is 1.73 bits per heavy atom. The van der Waals surface area contributed by atoms with Crippen molar-refractivity contribution in [3.8, 4) is 0 Å². The van der Waals surface area contributed by atoms with Crippen molar-refractivity contribution in [2.75, 3.05) is 24.3 Å². The van der Waals surface area contributed by atoms with Crippen LogP contribution in [0.1, 0.15) is 37.7 Å². The molecular weight excluding hydrogens is 457 g/mol. The molecule has 1 aliphatic rings. The van der Waals surface area contributed by atoms with Gasteiger partial charge in [0.15, 0.2) is 0 Å². The molecule has 3 aromatic rings. The topological polar surface area (TPSA) is 70.2 Å². The smallest absolute Gasteiger partial charge is 0.225 e. The summed E-state index contributed by atoms with van der Waals surface area (Å²) in [6.07, 6.45) is 4.88. The monoisotopic (exact) mass is 485 g/mol. The van der Waals surface area contributed by atoms with Gasteiger partial charge in [-0.15, -0.1) is 0 Å². The van der Waals surface area contributed by atoms with E-state index < -0.39 is 0 Å². The first-order valence-electron chi connectivity index (χ1n) is 11.3. The average molecular weight is 486 g/mol. The number of nitrogens with one attached hydrogen (secondary N) is 2. The highest BCUT2D eigenvalue weighted by atomic mass is 35.5. The fraction of sp³-hybridized carbons (Fsp3) is 0.400. The Morgan fingerprint density at radius 3 is 2.45 bits per heavy atom. The van der Waals surface area contributed by atoms with Crippen LogP contribution in [0.5, 0.6) is 0 Å². The van der Waals surface area contributed by atoms with E-state index in [-0.39, 0.29) is 11.9 Å². The number of rotatable bonds is 7. The lowest BCUT2D eigenvalue weighted by Crippen LogP contribution is -2.40. The van der Waals surface area contributed by atoms with Crippen LogP contribution in [0.4, 0.5) is 11.8 Å². The number of amides is 1. The largest absolute Gasteiger partial charge is 0.362 e. The van der Waals surface area contributed by atoms with Crippen LogP contribution in [0.25, 0.3) is 10.9 Å². The molecule has 0 saturated heterocycles. The third-order valence-electron chi connectivity index (χ3n) is 6.06. The molecule has 33 heavy (non-hydrogen) atoms. The van der Waals surface area contributed by atoms with E-state index in [9.17, 15) is 4.79 Å². The van der Waals surface area contributed by atoms with Gasteiger partial charge in [-0.2, -0.15) is 4.98 Å². The number of hydrogen-bond acceptors (Lipinski definition) is 5. The molecule has 174 valence electrons. The number of aryl methyl sites for hydroxylation is 1. The summed E-state index contributed by atoms with van der Waals surface area (Å²) in [5, 5.41) is 8.79. The summed E-state index contributed by atoms with van der Waals surface area (Å²) in [6.45, 7) is 0. The van der Waals surface area contributed by atoms with E-state index in [0.29, 0.717) is 34.9 Å². The van der Waals surface area contributed by atoms with Crippen molar-refractivity contribution in [1.29, 1.82) is 0 Å². The van der Waals surface area contributed by atoms with Crippen molar-refractivity contribution in [1.82, 2.24) is 15.3 Å². The SMILES string of the molecule is CN(C)c1nc(N[C@H]2CC[C@@H](NC(=O)CCc3ccc(Cl)c(Cl)c3)CC2)nc2ccccc12. The van der Waals surface area contributed by atoms with Crippen molar-refractivity contribution in [3.05, 3.63) is 58.1 Å². The maximum absolute atomic E-state index is 12.4. The van der Waals surface area contributed by atoms with Crippen molar-refractivity contribution in [3.63, 3.8) is 0 Å². The van der Waals surface area contributed by atoms with E-state index in [2.05, 4.69) is 10.6 Å². The summed E-state index contributed by atoms with van der Waals surface area (Å²) in [5.74, 6) is 1.64. The van der Waals surface area contributed by atoms with Gasteiger partial charge in [0.25, 0.3) is 0 Å². The maximum atomic E-state index is 12.4. The Balaban J connectivity index is 1.27. The molecule has 0 unspecified atom stereocenters. The van der Waals surface area contributed by atoms with Crippen molar-refractivity contribution < 1.29 is 4.79 Å². The van der Waals surface area contributed by atoms with Crippen LogP contribution in [0, 0.1) is 0 Å². The number of anilines is 2. The van der Waals surface area contributed by atoms with Gasteiger partial charge in [0.05, 0.1) is 15.6 Å². The summed E-state index contributed by atoms with van der Waals surface area (Å²) in [5.41, 5.74) is 1.95. The molecule has 1 saturated carbocycles. The first-order valence-corrected chi connectivity index (χ1v) is 12.1. The highest BCUT2D eigenvalue weighted by Crippen LogP contribution is 2.27. The van der Waals surface area contributed by atoms with E-state index in [1.54, 1.807) is 6.07 Å². The predicted molar refractivity (Wildman–Crippen MR) is 136 cm³/mol. The van der Waals surface area contributed by atoms with E-state index in [1.807, 2.05) is 55.4 Å². The van der Waals surface area contributed by atoms with Crippen LogP contribution in [0.2, 0.25) is 10.0 Å². The summed E-state index contributed by atoms with van der Waals surface area (Å²) < 4.78 is 0. The van der Waals surface area contributed by atoms with Gasteiger partial charge in [0.2, 0.25) is 11.9 Å². The number of carbonyl (C=O) groups excluding carboxylic acids is 1. The minimum absolute atomic E-state index is 0.0750. The number of nitrogens with zero attached hydrogens (tertiary/aromatic N) is 3. The zero-order valence-electron chi connectivity index (χ0n) is 18.9. The molecule has 6 nitrogen and oxygen atoms in total. The summed E-state index contributed by atoms with van der Waals surface area (Å²) in [7, 11) is 3.99. The van der Waals surface area contributed by atoms with Gasteiger partial charge < -0.3 is 15.5 Å². The molecule has 0 spiro atoms. The van der Waals surface area contributed by atoms with E-state index in [4.69, 9.17) is 33.2 Å². The van der Waals surface area contributed by atoms with E-state index >= 15 is 0 Å². The Bertz CT molecular complexity index is 1130. The fourth-order valence-corrected chi connectivity index (χ4v) is 4.60. The van der Waals surface area contributed by atoms with Crippen LogP contribution in [0.3, 0.4) is 0 Å². The normalized spacial score (nSPS) is 18.2. The number of fused-ring (bicyclic) bond motifs is 1. The zero-order chi connectivity index (χ0) is 23.4. The number of halogens is 2. The second kappa shape index (κ2) is 10.6. The Kier molecular flexibility index (Phi) is 7.56. The van der Waals surface area contributed by atoms with E-state index in [1.165, 1.54) is 0 Å². The number of aromatic nitrogens is 2. The molecule has 2 aromatic carbocycles. The molecule has 1 fully saturated rings. The van der Waals surface area contributed by atoms with Crippen LogP contribution in [-0.4, -0.2) is 42.1 Å². The fourth-order valence-electron chi connectivity index (χ4n) is 4.28. The number of benzene rings is 2. The van der Waals surface area contributed by atoms with E-state index in [0.717, 1.165) is 48.0 Å². The molecule has 1 aromatic heterocycles. The van der Waals surface area contributed by atoms with Crippen LogP contribution >= 0.6 is 23.2 Å². The first kappa shape index (κ1) is 23.6. The minimum Gasteiger partial charge on any atom is -0.362 e. The molecule has 2 N–H and O–H groups in total. The molecule has 1 aliphatic carbocycles.